The lowest BCUT2D eigenvalue weighted by atomic mass is 10.1. The van der Waals surface area contributed by atoms with E-state index in [2.05, 4.69) is 58.9 Å². The minimum absolute atomic E-state index is 0.110. The lowest BCUT2D eigenvalue weighted by Crippen LogP contribution is -2.48. The van der Waals surface area contributed by atoms with E-state index in [-0.39, 0.29) is 18.0 Å². The van der Waals surface area contributed by atoms with Gasteiger partial charge < -0.3 is 20.1 Å². The predicted octanol–water partition coefficient (Wildman–Crippen LogP) is 2.47. The number of ether oxygens (including phenoxy) is 2. The van der Waals surface area contributed by atoms with Gasteiger partial charge in [0.15, 0.2) is 0 Å². The molecule has 1 heterocycles. The fraction of sp³-hybridized carbons (Fsp3) is 0.500. The number of nitrogens with one attached hydrogen (secondary N) is 2. The average Bonchev–Trinajstić information content (AvgIpc) is 3.42. The van der Waals surface area contributed by atoms with Crippen LogP contribution < -0.4 is 15.4 Å². The molecule has 0 saturated carbocycles. The molecular formula is C26H35N3O3. The van der Waals surface area contributed by atoms with Crippen LogP contribution in [0.15, 0.2) is 42.5 Å². The first-order valence-corrected chi connectivity index (χ1v) is 11.5. The number of amides is 1. The Morgan fingerprint density at radius 1 is 1.12 bits per heavy atom. The number of fused-ring (bicyclic) bond motifs is 1. The molecule has 6 nitrogen and oxygen atoms in total. The standard InChI is InChI=1S/C26H35N3O3/c1-18-12-19(8-9-25(18)32-3)16-28-22-15-24(26(30)27-10-11-31-2)29(17-22)23-13-20-6-4-5-7-21(20)14-23/h4-9,12,22-24,28H,10-11,13-17H2,1-3H3,(H,27,30)/t22-,24+/m1/s1. The van der Waals surface area contributed by atoms with Crippen LogP contribution in [0.3, 0.4) is 0 Å². The summed E-state index contributed by atoms with van der Waals surface area (Å²) in [6, 6.07) is 15.5. The topological polar surface area (TPSA) is 62.8 Å². The number of methoxy groups -OCH3 is 2. The van der Waals surface area contributed by atoms with E-state index < -0.39 is 0 Å². The molecule has 1 aliphatic carbocycles. The number of hydrogen-bond donors (Lipinski definition) is 2. The summed E-state index contributed by atoms with van der Waals surface area (Å²) >= 11 is 0. The molecule has 2 aliphatic rings. The number of carbonyl (C=O) groups excluding carboxylic acids is 1. The Bertz CT molecular complexity index is 907. The number of benzene rings is 2. The van der Waals surface area contributed by atoms with Crippen molar-refractivity contribution in [1.82, 2.24) is 15.5 Å². The van der Waals surface area contributed by atoms with Crippen molar-refractivity contribution in [1.29, 1.82) is 0 Å². The molecule has 2 N–H and O–H groups in total. The van der Waals surface area contributed by atoms with Crippen molar-refractivity contribution < 1.29 is 14.3 Å². The third-order valence-corrected chi connectivity index (χ3v) is 6.80. The summed E-state index contributed by atoms with van der Waals surface area (Å²) in [7, 11) is 3.36. The maximum absolute atomic E-state index is 13.0. The van der Waals surface area contributed by atoms with E-state index in [1.165, 1.54) is 16.7 Å². The van der Waals surface area contributed by atoms with E-state index in [0.29, 0.717) is 19.2 Å². The van der Waals surface area contributed by atoms with Crippen molar-refractivity contribution in [2.24, 2.45) is 0 Å². The lowest BCUT2D eigenvalue weighted by Gasteiger charge is -2.29. The van der Waals surface area contributed by atoms with E-state index in [1.54, 1.807) is 14.2 Å². The second kappa shape index (κ2) is 10.5. The summed E-state index contributed by atoms with van der Waals surface area (Å²) in [6.07, 6.45) is 2.85. The number of rotatable bonds is 9. The highest BCUT2D eigenvalue weighted by Crippen LogP contribution is 2.31. The minimum atomic E-state index is -0.110. The van der Waals surface area contributed by atoms with Crippen molar-refractivity contribution in [3.05, 3.63) is 64.7 Å². The van der Waals surface area contributed by atoms with Crippen molar-refractivity contribution >= 4 is 5.91 Å². The van der Waals surface area contributed by atoms with Gasteiger partial charge in [-0.25, -0.2) is 0 Å². The summed E-state index contributed by atoms with van der Waals surface area (Å²) in [5, 5.41) is 6.77. The molecule has 4 rings (SSSR count). The third-order valence-electron chi connectivity index (χ3n) is 6.80. The zero-order valence-corrected chi connectivity index (χ0v) is 19.4. The second-order valence-electron chi connectivity index (χ2n) is 8.94. The highest BCUT2D eigenvalue weighted by Gasteiger charge is 2.41. The molecule has 6 heteroatoms. The molecule has 1 fully saturated rings. The summed E-state index contributed by atoms with van der Waals surface area (Å²) < 4.78 is 10.5. The molecule has 2 aromatic carbocycles. The van der Waals surface area contributed by atoms with Crippen LogP contribution in [0.4, 0.5) is 0 Å². The molecule has 0 bridgehead atoms. The van der Waals surface area contributed by atoms with Crippen molar-refractivity contribution in [2.45, 2.75) is 50.9 Å². The van der Waals surface area contributed by atoms with Crippen molar-refractivity contribution in [2.75, 3.05) is 33.9 Å². The Labute approximate surface area is 191 Å². The minimum Gasteiger partial charge on any atom is -0.496 e. The van der Waals surface area contributed by atoms with E-state index in [1.807, 2.05) is 6.07 Å². The molecule has 0 aromatic heterocycles. The molecule has 2 atom stereocenters. The molecule has 1 aliphatic heterocycles. The first kappa shape index (κ1) is 22.8. The SMILES string of the molecule is COCCNC(=O)[C@@H]1C[C@@H](NCc2ccc(OC)c(C)c2)CN1C1Cc2ccccc2C1. The molecule has 2 aromatic rings. The number of aryl methyl sites for hydroxylation is 1. The maximum atomic E-state index is 13.0. The van der Waals surface area contributed by atoms with Crippen LogP contribution in [0, 0.1) is 6.92 Å². The van der Waals surface area contributed by atoms with Gasteiger partial charge >= 0.3 is 0 Å². The summed E-state index contributed by atoms with van der Waals surface area (Å²) in [5.74, 6) is 1.02. The Morgan fingerprint density at radius 3 is 2.53 bits per heavy atom. The zero-order valence-electron chi connectivity index (χ0n) is 19.4. The zero-order chi connectivity index (χ0) is 22.5. The Hall–Kier alpha value is -2.41. The van der Waals surface area contributed by atoms with Gasteiger partial charge in [0, 0.05) is 38.8 Å². The number of likely N-dealkylation sites (tertiary alicyclic amines) is 1. The Morgan fingerprint density at radius 2 is 1.88 bits per heavy atom. The first-order chi connectivity index (χ1) is 15.6. The first-order valence-electron chi connectivity index (χ1n) is 11.5. The molecule has 1 saturated heterocycles. The number of carbonyl (C=O) groups is 1. The quantitative estimate of drug-likeness (QED) is 0.590. The monoisotopic (exact) mass is 437 g/mol. The van der Waals surface area contributed by atoms with Crippen LogP contribution in [0.1, 0.15) is 28.7 Å². The van der Waals surface area contributed by atoms with Crippen LogP contribution in [0.5, 0.6) is 5.75 Å². The average molecular weight is 438 g/mol. The molecule has 0 unspecified atom stereocenters. The highest BCUT2D eigenvalue weighted by atomic mass is 16.5. The van der Waals surface area contributed by atoms with Crippen molar-refractivity contribution in [3.63, 3.8) is 0 Å². The van der Waals surface area contributed by atoms with E-state index >= 15 is 0 Å². The fourth-order valence-electron chi connectivity index (χ4n) is 5.15. The van der Waals surface area contributed by atoms with Crippen molar-refractivity contribution in [3.8, 4) is 5.75 Å². The molecule has 0 radical (unpaired) electrons. The van der Waals surface area contributed by atoms with E-state index in [4.69, 9.17) is 9.47 Å². The maximum Gasteiger partial charge on any atom is 0.237 e. The normalized spacial score (nSPS) is 21.0. The van der Waals surface area contributed by atoms with Crippen LogP contribution in [0.2, 0.25) is 0 Å². The molecular weight excluding hydrogens is 402 g/mol. The van der Waals surface area contributed by atoms with Crippen LogP contribution in [-0.4, -0.2) is 62.8 Å². The van der Waals surface area contributed by atoms with E-state index in [9.17, 15) is 4.79 Å². The second-order valence-corrected chi connectivity index (χ2v) is 8.94. The van der Waals surface area contributed by atoms with Gasteiger partial charge in [0.1, 0.15) is 5.75 Å². The number of nitrogens with zero attached hydrogens (tertiary/aromatic N) is 1. The Balaban J connectivity index is 1.42. The van der Waals surface area contributed by atoms with Gasteiger partial charge in [-0.15, -0.1) is 0 Å². The van der Waals surface area contributed by atoms with Crippen LogP contribution in [0.25, 0.3) is 0 Å². The van der Waals surface area contributed by atoms with Gasteiger partial charge in [-0.1, -0.05) is 36.4 Å². The van der Waals surface area contributed by atoms with Gasteiger partial charge in [-0.05, 0) is 54.5 Å². The molecule has 32 heavy (non-hydrogen) atoms. The van der Waals surface area contributed by atoms with Gasteiger partial charge in [0.2, 0.25) is 5.91 Å². The smallest absolute Gasteiger partial charge is 0.237 e. The summed E-state index contributed by atoms with van der Waals surface area (Å²) in [6.45, 7) is 4.82. The molecule has 1 amide bonds. The Kier molecular flexibility index (Phi) is 7.45. The summed E-state index contributed by atoms with van der Waals surface area (Å²) in [4.78, 5) is 15.5. The van der Waals surface area contributed by atoms with Crippen LogP contribution in [-0.2, 0) is 28.9 Å². The third kappa shape index (κ3) is 5.14. The van der Waals surface area contributed by atoms with Gasteiger partial charge in [-0.3, -0.25) is 9.69 Å². The summed E-state index contributed by atoms with van der Waals surface area (Å²) in [5.41, 5.74) is 5.21. The van der Waals surface area contributed by atoms with Gasteiger partial charge in [-0.2, -0.15) is 0 Å². The molecule has 0 spiro atoms. The highest BCUT2D eigenvalue weighted by molar-refractivity contribution is 5.82. The van der Waals surface area contributed by atoms with Crippen LogP contribution >= 0.6 is 0 Å². The fourth-order valence-corrected chi connectivity index (χ4v) is 5.15. The predicted molar refractivity (Wildman–Crippen MR) is 126 cm³/mol. The molecule has 172 valence electrons. The largest absolute Gasteiger partial charge is 0.496 e. The van der Waals surface area contributed by atoms with E-state index in [0.717, 1.165) is 43.7 Å². The van der Waals surface area contributed by atoms with Gasteiger partial charge in [0.05, 0.1) is 19.8 Å². The number of hydrogen-bond acceptors (Lipinski definition) is 5. The lowest BCUT2D eigenvalue weighted by molar-refractivity contribution is -0.126. The van der Waals surface area contributed by atoms with Gasteiger partial charge in [0.25, 0.3) is 0 Å².